The molecule has 8 heteroatoms. The number of rotatable bonds is 7. The summed E-state index contributed by atoms with van der Waals surface area (Å²) < 4.78 is 4.99. The standard InChI is InChI=1S/C17H18N2O6/c20-15(16(21)13-6-8-14(9-7-13)19(23)24)10-18-17(22)25-11-12-4-2-1-3-5-12/h1-9,15-16,20-21H,10-11H2,(H,18,22). The number of carbonyl (C=O) groups excluding carboxylic acids is 1. The quantitative estimate of drug-likeness (QED) is 0.520. The molecule has 2 aromatic carbocycles. The molecule has 2 unspecified atom stereocenters. The van der Waals surface area contributed by atoms with Crippen LogP contribution in [-0.2, 0) is 11.3 Å². The van der Waals surface area contributed by atoms with Crippen LogP contribution in [0.1, 0.15) is 17.2 Å². The molecule has 0 bridgehead atoms. The number of carbonyl (C=O) groups is 1. The van der Waals surface area contributed by atoms with E-state index < -0.39 is 23.2 Å². The van der Waals surface area contributed by atoms with Crippen molar-refractivity contribution in [1.29, 1.82) is 0 Å². The van der Waals surface area contributed by atoms with Crippen LogP contribution in [0.3, 0.4) is 0 Å². The first kappa shape index (κ1) is 18.4. The van der Waals surface area contributed by atoms with Crippen LogP contribution < -0.4 is 5.32 Å². The van der Waals surface area contributed by atoms with E-state index in [0.29, 0.717) is 5.56 Å². The molecule has 25 heavy (non-hydrogen) atoms. The van der Waals surface area contributed by atoms with Crippen LogP contribution in [0.2, 0.25) is 0 Å². The molecule has 2 aromatic rings. The minimum Gasteiger partial charge on any atom is -0.445 e. The van der Waals surface area contributed by atoms with Crippen molar-refractivity contribution in [1.82, 2.24) is 5.32 Å². The first-order valence-corrected chi connectivity index (χ1v) is 7.52. The zero-order chi connectivity index (χ0) is 18.2. The predicted octanol–water partition coefficient (Wildman–Crippen LogP) is 1.92. The molecule has 0 fully saturated rings. The van der Waals surface area contributed by atoms with Gasteiger partial charge in [-0.05, 0) is 23.3 Å². The molecule has 0 aliphatic heterocycles. The third kappa shape index (κ3) is 5.55. The Morgan fingerprint density at radius 2 is 1.76 bits per heavy atom. The Labute approximate surface area is 143 Å². The molecule has 0 saturated heterocycles. The summed E-state index contributed by atoms with van der Waals surface area (Å²) in [7, 11) is 0. The predicted molar refractivity (Wildman–Crippen MR) is 88.7 cm³/mol. The largest absolute Gasteiger partial charge is 0.445 e. The number of nitrogens with one attached hydrogen (secondary N) is 1. The summed E-state index contributed by atoms with van der Waals surface area (Å²) in [6.45, 7) is -0.139. The molecule has 3 N–H and O–H groups in total. The molecule has 0 radical (unpaired) electrons. The molecule has 0 aliphatic carbocycles. The molecule has 0 aromatic heterocycles. The van der Waals surface area contributed by atoms with Gasteiger partial charge in [-0.25, -0.2) is 4.79 Å². The Morgan fingerprint density at radius 3 is 2.36 bits per heavy atom. The van der Waals surface area contributed by atoms with E-state index in [1.807, 2.05) is 18.2 Å². The molecule has 0 heterocycles. The first-order valence-electron chi connectivity index (χ1n) is 7.52. The van der Waals surface area contributed by atoms with Crippen molar-refractivity contribution in [2.75, 3.05) is 6.54 Å². The van der Waals surface area contributed by atoms with Crippen LogP contribution in [0.4, 0.5) is 10.5 Å². The lowest BCUT2D eigenvalue weighted by Crippen LogP contribution is -2.35. The van der Waals surface area contributed by atoms with Crippen LogP contribution in [0, 0.1) is 10.1 Å². The molecule has 1 amide bonds. The molecular formula is C17H18N2O6. The van der Waals surface area contributed by atoms with Crippen molar-refractivity contribution in [3.05, 3.63) is 75.8 Å². The van der Waals surface area contributed by atoms with Crippen LogP contribution in [0.25, 0.3) is 0 Å². The highest BCUT2D eigenvalue weighted by molar-refractivity contribution is 5.67. The Morgan fingerprint density at radius 1 is 1.12 bits per heavy atom. The summed E-state index contributed by atoms with van der Waals surface area (Å²) in [5.74, 6) is 0. The zero-order valence-corrected chi connectivity index (χ0v) is 13.2. The van der Waals surface area contributed by atoms with E-state index in [1.165, 1.54) is 24.3 Å². The van der Waals surface area contributed by atoms with Gasteiger partial charge in [0.2, 0.25) is 0 Å². The maximum absolute atomic E-state index is 11.6. The van der Waals surface area contributed by atoms with Gasteiger partial charge in [0.25, 0.3) is 5.69 Å². The van der Waals surface area contributed by atoms with Gasteiger partial charge in [-0.3, -0.25) is 10.1 Å². The van der Waals surface area contributed by atoms with Crippen molar-refractivity contribution in [3.8, 4) is 0 Å². The van der Waals surface area contributed by atoms with Crippen LogP contribution in [0.5, 0.6) is 0 Å². The normalized spacial score (nSPS) is 12.9. The molecule has 132 valence electrons. The number of benzene rings is 2. The Kier molecular flexibility index (Phi) is 6.44. The second kappa shape index (κ2) is 8.76. The van der Waals surface area contributed by atoms with E-state index in [1.54, 1.807) is 12.1 Å². The number of non-ortho nitro benzene ring substituents is 1. The lowest BCUT2D eigenvalue weighted by Gasteiger charge is -2.18. The van der Waals surface area contributed by atoms with Crippen molar-refractivity contribution in [2.45, 2.75) is 18.8 Å². The number of aliphatic hydroxyl groups excluding tert-OH is 2. The summed E-state index contributed by atoms with van der Waals surface area (Å²) >= 11 is 0. The lowest BCUT2D eigenvalue weighted by atomic mass is 10.0. The number of nitro groups is 1. The summed E-state index contributed by atoms with van der Waals surface area (Å²) in [6, 6.07) is 14.3. The van der Waals surface area contributed by atoms with Crippen molar-refractivity contribution in [3.63, 3.8) is 0 Å². The minimum atomic E-state index is -1.30. The van der Waals surface area contributed by atoms with Gasteiger partial charge in [0.05, 0.1) is 4.92 Å². The van der Waals surface area contributed by atoms with Gasteiger partial charge in [0.15, 0.2) is 0 Å². The van der Waals surface area contributed by atoms with Crippen molar-refractivity contribution >= 4 is 11.8 Å². The van der Waals surface area contributed by atoms with Gasteiger partial charge in [0.1, 0.15) is 18.8 Å². The summed E-state index contributed by atoms with van der Waals surface area (Å²) in [5.41, 5.74) is 1.01. The summed E-state index contributed by atoms with van der Waals surface area (Å²) in [4.78, 5) is 21.6. The van der Waals surface area contributed by atoms with E-state index in [2.05, 4.69) is 5.32 Å². The second-order valence-electron chi connectivity index (χ2n) is 5.30. The van der Waals surface area contributed by atoms with Gasteiger partial charge < -0.3 is 20.3 Å². The number of amides is 1. The number of nitrogens with zero attached hydrogens (tertiary/aromatic N) is 1. The third-order valence-electron chi connectivity index (χ3n) is 3.48. The van der Waals surface area contributed by atoms with E-state index in [-0.39, 0.29) is 18.8 Å². The number of aliphatic hydroxyl groups is 2. The van der Waals surface area contributed by atoms with Gasteiger partial charge in [-0.15, -0.1) is 0 Å². The highest BCUT2D eigenvalue weighted by Gasteiger charge is 2.20. The average molecular weight is 346 g/mol. The van der Waals surface area contributed by atoms with Gasteiger partial charge in [-0.1, -0.05) is 30.3 Å². The number of hydrogen-bond donors (Lipinski definition) is 3. The van der Waals surface area contributed by atoms with E-state index >= 15 is 0 Å². The topological polar surface area (TPSA) is 122 Å². The number of ether oxygens (including phenoxy) is 1. The smallest absolute Gasteiger partial charge is 0.407 e. The van der Waals surface area contributed by atoms with Crippen molar-refractivity contribution < 1.29 is 24.7 Å². The molecular weight excluding hydrogens is 328 g/mol. The molecule has 0 spiro atoms. The lowest BCUT2D eigenvalue weighted by molar-refractivity contribution is -0.384. The summed E-state index contributed by atoms with van der Waals surface area (Å²) in [5, 5.41) is 32.9. The van der Waals surface area contributed by atoms with Gasteiger partial charge in [-0.2, -0.15) is 0 Å². The number of nitro benzene ring substituents is 1. The average Bonchev–Trinajstić information content (AvgIpc) is 2.64. The van der Waals surface area contributed by atoms with Crippen LogP contribution in [0.15, 0.2) is 54.6 Å². The molecule has 0 aliphatic rings. The van der Waals surface area contributed by atoms with E-state index in [0.717, 1.165) is 5.56 Å². The molecule has 2 atom stereocenters. The zero-order valence-electron chi connectivity index (χ0n) is 13.2. The highest BCUT2D eigenvalue weighted by atomic mass is 16.6. The minimum absolute atomic E-state index is 0.0909. The van der Waals surface area contributed by atoms with Crippen LogP contribution in [-0.4, -0.2) is 33.9 Å². The first-order chi connectivity index (χ1) is 12.0. The fraction of sp³-hybridized carbons (Fsp3) is 0.235. The molecule has 8 nitrogen and oxygen atoms in total. The monoisotopic (exact) mass is 346 g/mol. The number of hydrogen-bond acceptors (Lipinski definition) is 6. The fourth-order valence-electron chi connectivity index (χ4n) is 2.09. The Hall–Kier alpha value is -2.97. The maximum atomic E-state index is 11.6. The van der Waals surface area contributed by atoms with Crippen molar-refractivity contribution in [2.24, 2.45) is 0 Å². The third-order valence-corrected chi connectivity index (χ3v) is 3.48. The van der Waals surface area contributed by atoms with Crippen LogP contribution >= 0.6 is 0 Å². The summed E-state index contributed by atoms with van der Waals surface area (Å²) in [6.07, 6.45) is -3.31. The molecule has 2 rings (SSSR count). The van der Waals surface area contributed by atoms with E-state index in [4.69, 9.17) is 4.74 Å². The second-order valence-corrected chi connectivity index (χ2v) is 5.30. The fourth-order valence-corrected chi connectivity index (χ4v) is 2.09. The van der Waals surface area contributed by atoms with Gasteiger partial charge >= 0.3 is 6.09 Å². The highest BCUT2D eigenvalue weighted by Crippen LogP contribution is 2.20. The number of alkyl carbamates (subject to hydrolysis) is 1. The Bertz CT molecular complexity index is 705. The van der Waals surface area contributed by atoms with Gasteiger partial charge in [0, 0.05) is 18.7 Å². The Balaban J connectivity index is 1.79. The SMILES string of the molecule is O=C(NCC(O)C(O)c1ccc([N+](=O)[O-])cc1)OCc1ccccc1. The maximum Gasteiger partial charge on any atom is 0.407 e. The molecule has 0 saturated carbocycles. The van der Waals surface area contributed by atoms with E-state index in [9.17, 15) is 25.1 Å².